The van der Waals surface area contributed by atoms with E-state index in [4.69, 9.17) is 0 Å². The van der Waals surface area contributed by atoms with Gasteiger partial charge in [0.1, 0.15) is 0 Å². The van der Waals surface area contributed by atoms with Crippen LogP contribution in [0.15, 0.2) is 36.4 Å². The number of benzene rings is 1. The van der Waals surface area contributed by atoms with Gasteiger partial charge < -0.3 is 19.5 Å². The molecule has 0 unspecified atom stereocenters. The van der Waals surface area contributed by atoms with Gasteiger partial charge in [-0.1, -0.05) is 30.3 Å². The zero-order chi connectivity index (χ0) is 20.8. The zero-order valence-electron chi connectivity index (χ0n) is 17.4. The second-order valence-electron chi connectivity index (χ2n) is 8.59. The third-order valence-corrected chi connectivity index (χ3v) is 6.95. The largest absolute Gasteiger partial charge is 0.396 e. The summed E-state index contributed by atoms with van der Waals surface area (Å²) in [6, 6.07) is 12.0. The highest BCUT2D eigenvalue weighted by atomic mass is 16.3. The second kappa shape index (κ2) is 7.34. The van der Waals surface area contributed by atoms with Crippen molar-refractivity contribution in [1.82, 2.24) is 14.4 Å². The first kappa shape index (κ1) is 19.7. The minimum Gasteiger partial charge on any atom is -0.396 e. The number of likely N-dealkylation sites (tertiary alicyclic amines) is 2. The molecule has 1 N–H and O–H groups in total. The molecule has 0 radical (unpaired) electrons. The number of aliphatic hydroxyl groups is 1. The molecular formula is C23H29N3O3. The van der Waals surface area contributed by atoms with Crippen LogP contribution in [0.1, 0.15) is 29.4 Å². The van der Waals surface area contributed by atoms with Crippen LogP contribution in [0.25, 0.3) is 11.3 Å². The van der Waals surface area contributed by atoms with Gasteiger partial charge >= 0.3 is 0 Å². The van der Waals surface area contributed by atoms with Gasteiger partial charge in [0.25, 0.3) is 5.91 Å². The lowest BCUT2D eigenvalue weighted by atomic mass is 9.74. The molecule has 2 aliphatic rings. The Hall–Kier alpha value is -2.60. The Kier molecular flexibility index (Phi) is 4.99. The Bertz CT molecular complexity index is 936. The molecule has 2 aromatic rings. The molecule has 1 aromatic carbocycles. The highest BCUT2D eigenvalue weighted by Crippen LogP contribution is 2.42. The van der Waals surface area contributed by atoms with Crippen LogP contribution >= 0.6 is 0 Å². The number of amides is 2. The van der Waals surface area contributed by atoms with Gasteiger partial charge in [-0.3, -0.25) is 9.59 Å². The normalized spacial score (nSPS) is 23.9. The third-order valence-electron chi connectivity index (χ3n) is 6.95. The molecule has 0 aliphatic carbocycles. The molecule has 0 saturated carbocycles. The number of fused-ring (bicyclic) bond motifs is 1. The van der Waals surface area contributed by atoms with Gasteiger partial charge in [0, 0.05) is 57.0 Å². The zero-order valence-corrected chi connectivity index (χ0v) is 17.4. The molecule has 6 heteroatoms. The van der Waals surface area contributed by atoms with E-state index in [2.05, 4.69) is 4.57 Å². The molecule has 1 aromatic heterocycles. The van der Waals surface area contributed by atoms with Gasteiger partial charge in [-0.2, -0.15) is 0 Å². The summed E-state index contributed by atoms with van der Waals surface area (Å²) in [5, 5.41) is 10.2. The molecule has 2 fully saturated rings. The Morgan fingerprint density at radius 3 is 2.52 bits per heavy atom. The quantitative estimate of drug-likeness (QED) is 0.867. The van der Waals surface area contributed by atoms with Gasteiger partial charge in [-0.25, -0.2) is 0 Å². The summed E-state index contributed by atoms with van der Waals surface area (Å²) in [5.41, 5.74) is 3.33. The van der Waals surface area contributed by atoms with Crippen LogP contribution in [-0.2, 0) is 11.8 Å². The predicted octanol–water partition coefficient (Wildman–Crippen LogP) is 2.30. The predicted molar refractivity (Wildman–Crippen MR) is 111 cm³/mol. The number of aromatic nitrogens is 1. The number of hydrogen-bond donors (Lipinski definition) is 1. The standard InChI is InChI=1S/C23H29N3O3/c1-16-20(11-21(24(16)3)18-7-5-4-6-8-18)22(29)25-10-9-19-12-26(17(2)28)14-23(19,13-25)15-27/h4-8,11,19,27H,9-10,12-15H2,1-3H3/t19-,23+/m1/s1. The Labute approximate surface area is 171 Å². The Morgan fingerprint density at radius 1 is 1.17 bits per heavy atom. The maximum absolute atomic E-state index is 13.4. The van der Waals surface area contributed by atoms with Crippen LogP contribution in [0, 0.1) is 18.3 Å². The smallest absolute Gasteiger partial charge is 0.255 e. The van der Waals surface area contributed by atoms with E-state index in [1.165, 1.54) is 0 Å². The monoisotopic (exact) mass is 395 g/mol. The fourth-order valence-corrected chi connectivity index (χ4v) is 5.00. The van der Waals surface area contributed by atoms with Crippen molar-refractivity contribution >= 4 is 11.8 Å². The number of nitrogens with zero attached hydrogens (tertiary/aromatic N) is 3. The van der Waals surface area contributed by atoms with E-state index in [0.717, 1.165) is 23.4 Å². The Balaban J connectivity index is 1.60. The van der Waals surface area contributed by atoms with Crippen molar-refractivity contribution in [2.75, 3.05) is 32.8 Å². The number of carbonyl (C=O) groups excluding carboxylic acids is 2. The van der Waals surface area contributed by atoms with Crippen molar-refractivity contribution in [3.63, 3.8) is 0 Å². The van der Waals surface area contributed by atoms with Crippen molar-refractivity contribution < 1.29 is 14.7 Å². The maximum atomic E-state index is 13.4. The molecule has 0 spiro atoms. The van der Waals surface area contributed by atoms with Crippen molar-refractivity contribution in [2.24, 2.45) is 18.4 Å². The van der Waals surface area contributed by atoms with Crippen LogP contribution < -0.4 is 0 Å². The summed E-state index contributed by atoms with van der Waals surface area (Å²) in [4.78, 5) is 29.0. The SMILES string of the molecule is CC(=O)N1C[C@H]2CCN(C(=O)c3cc(-c4ccccc4)n(C)c3C)C[C@@]2(CO)C1. The number of rotatable bonds is 3. The van der Waals surface area contributed by atoms with Crippen LogP contribution in [0.4, 0.5) is 0 Å². The van der Waals surface area contributed by atoms with Crippen molar-refractivity contribution in [2.45, 2.75) is 20.3 Å². The summed E-state index contributed by atoms with van der Waals surface area (Å²) >= 11 is 0. The fourth-order valence-electron chi connectivity index (χ4n) is 5.00. The molecule has 2 saturated heterocycles. The van der Waals surface area contributed by atoms with E-state index < -0.39 is 5.41 Å². The summed E-state index contributed by atoms with van der Waals surface area (Å²) < 4.78 is 2.06. The highest BCUT2D eigenvalue weighted by Gasteiger charge is 2.51. The van der Waals surface area contributed by atoms with Crippen LogP contribution in [0.3, 0.4) is 0 Å². The lowest BCUT2D eigenvalue weighted by molar-refractivity contribution is -0.128. The molecule has 29 heavy (non-hydrogen) atoms. The van der Waals surface area contributed by atoms with Crippen LogP contribution in [0.2, 0.25) is 0 Å². The van der Waals surface area contributed by atoms with Crippen molar-refractivity contribution in [3.05, 3.63) is 47.7 Å². The van der Waals surface area contributed by atoms with Gasteiger partial charge in [0.05, 0.1) is 12.2 Å². The maximum Gasteiger partial charge on any atom is 0.255 e. The topological polar surface area (TPSA) is 65.8 Å². The van der Waals surface area contributed by atoms with Crippen LogP contribution in [0.5, 0.6) is 0 Å². The van der Waals surface area contributed by atoms with Gasteiger partial charge in [-0.15, -0.1) is 0 Å². The van der Waals surface area contributed by atoms with E-state index in [9.17, 15) is 14.7 Å². The van der Waals surface area contributed by atoms with Gasteiger partial charge in [0.15, 0.2) is 0 Å². The average molecular weight is 396 g/mol. The number of aliphatic hydroxyl groups excluding tert-OH is 1. The van der Waals surface area contributed by atoms with E-state index >= 15 is 0 Å². The summed E-state index contributed by atoms with van der Waals surface area (Å²) in [7, 11) is 1.98. The lowest BCUT2D eigenvalue weighted by Gasteiger charge is -2.43. The molecule has 154 valence electrons. The molecule has 4 rings (SSSR count). The minimum absolute atomic E-state index is 0.00569. The van der Waals surface area contributed by atoms with Gasteiger partial charge in [0.2, 0.25) is 5.91 Å². The second-order valence-corrected chi connectivity index (χ2v) is 8.59. The summed E-state index contributed by atoms with van der Waals surface area (Å²) in [6.07, 6.45) is 0.813. The highest BCUT2D eigenvalue weighted by molar-refractivity contribution is 5.97. The molecule has 2 aliphatic heterocycles. The van der Waals surface area contributed by atoms with Crippen LogP contribution in [-0.4, -0.2) is 64.1 Å². The molecule has 3 heterocycles. The first-order valence-electron chi connectivity index (χ1n) is 10.2. The van der Waals surface area contributed by atoms with E-state index in [0.29, 0.717) is 31.7 Å². The Morgan fingerprint density at radius 2 is 1.86 bits per heavy atom. The van der Waals surface area contributed by atoms with Gasteiger partial charge in [-0.05, 0) is 30.9 Å². The first-order chi connectivity index (χ1) is 13.9. The molecule has 6 nitrogen and oxygen atoms in total. The molecular weight excluding hydrogens is 366 g/mol. The van der Waals surface area contributed by atoms with Crippen molar-refractivity contribution in [1.29, 1.82) is 0 Å². The van der Waals surface area contributed by atoms with Crippen molar-refractivity contribution in [3.8, 4) is 11.3 Å². The first-order valence-corrected chi connectivity index (χ1v) is 10.2. The average Bonchev–Trinajstić information content (AvgIpc) is 3.27. The van der Waals surface area contributed by atoms with E-state index in [1.54, 1.807) is 6.92 Å². The lowest BCUT2D eigenvalue weighted by Crippen LogP contribution is -2.52. The molecule has 2 atom stereocenters. The van der Waals surface area contributed by atoms with E-state index in [1.807, 2.05) is 60.2 Å². The third kappa shape index (κ3) is 3.25. The summed E-state index contributed by atoms with van der Waals surface area (Å²) in [6.45, 7) is 5.90. The molecule has 2 amide bonds. The fraction of sp³-hybridized carbons (Fsp3) is 0.478. The molecule has 0 bridgehead atoms. The minimum atomic E-state index is -0.412. The number of hydrogen-bond acceptors (Lipinski definition) is 3. The number of carbonyl (C=O) groups is 2. The summed E-state index contributed by atoms with van der Waals surface area (Å²) in [5.74, 6) is 0.293. The number of piperidine rings is 1. The van der Waals surface area contributed by atoms with E-state index in [-0.39, 0.29) is 24.3 Å².